The molecule has 10 heteroatoms. The van der Waals surface area contributed by atoms with E-state index in [0.29, 0.717) is 13.0 Å². The second-order valence-corrected chi connectivity index (χ2v) is 5.10. The SMILES string of the molecule is CCOCCOC(=O)CN1C(=O)C(CC)Oc2ccc([N+](=O)[O-])nc21. The first-order valence-electron chi connectivity index (χ1n) is 7.84. The smallest absolute Gasteiger partial charge is 0.366 e. The fourth-order valence-corrected chi connectivity index (χ4v) is 2.24. The van der Waals surface area contributed by atoms with E-state index in [1.165, 1.54) is 12.1 Å². The molecule has 0 aromatic carbocycles. The molecule has 0 radical (unpaired) electrons. The molecule has 0 fully saturated rings. The molecule has 1 aromatic rings. The van der Waals surface area contributed by atoms with Crippen molar-refractivity contribution in [2.45, 2.75) is 26.4 Å². The second-order valence-electron chi connectivity index (χ2n) is 5.10. The molecule has 0 spiro atoms. The van der Waals surface area contributed by atoms with Crippen molar-refractivity contribution < 1.29 is 28.7 Å². The predicted molar refractivity (Wildman–Crippen MR) is 85.4 cm³/mol. The lowest BCUT2D eigenvalue weighted by Crippen LogP contribution is -2.48. The van der Waals surface area contributed by atoms with Crippen molar-refractivity contribution in [1.29, 1.82) is 0 Å². The average molecular weight is 353 g/mol. The fourth-order valence-electron chi connectivity index (χ4n) is 2.24. The van der Waals surface area contributed by atoms with E-state index < -0.39 is 35.3 Å². The van der Waals surface area contributed by atoms with Crippen LogP contribution in [0.5, 0.6) is 5.75 Å². The van der Waals surface area contributed by atoms with Crippen LogP contribution in [0.4, 0.5) is 11.6 Å². The summed E-state index contributed by atoms with van der Waals surface area (Å²) in [5.41, 5.74) is 0. The van der Waals surface area contributed by atoms with Gasteiger partial charge in [0.1, 0.15) is 13.2 Å². The zero-order valence-electron chi connectivity index (χ0n) is 14.0. The van der Waals surface area contributed by atoms with Gasteiger partial charge in [0, 0.05) is 12.7 Å². The zero-order valence-corrected chi connectivity index (χ0v) is 14.0. The number of hydrogen-bond acceptors (Lipinski definition) is 8. The van der Waals surface area contributed by atoms with Gasteiger partial charge in [-0.3, -0.25) is 14.5 Å². The molecule has 1 amide bonds. The van der Waals surface area contributed by atoms with Crippen molar-refractivity contribution in [3.8, 4) is 5.75 Å². The maximum atomic E-state index is 12.5. The first kappa shape index (κ1) is 18.6. The summed E-state index contributed by atoms with van der Waals surface area (Å²) in [7, 11) is 0. The maximum absolute atomic E-state index is 12.5. The molecular weight excluding hydrogens is 334 g/mol. The Morgan fingerprint density at radius 1 is 1.40 bits per heavy atom. The van der Waals surface area contributed by atoms with Crippen LogP contribution >= 0.6 is 0 Å². The van der Waals surface area contributed by atoms with Crippen LogP contribution < -0.4 is 9.64 Å². The number of pyridine rings is 1. The Labute approximate surface area is 143 Å². The highest BCUT2D eigenvalue weighted by molar-refractivity contribution is 6.02. The monoisotopic (exact) mass is 353 g/mol. The summed E-state index contributed by atoms with van der Waals surface area (Å²) in [6, 6.07) is 2.54. The van der Waals surface area contributed by atoms with E-state index in [1.54, 1.807) is 6.92 Å². The van der Waals surface area contributed by atoms with Gasteiger partial charge in [0.2, 0.25) is 0 Å². The van der Waals surface area contributed by atoms with Crippen molar-refractivity contribution in [2.75, 3.05) is 31.3 Å². The number of aromatic nitrogens is 1. The van der Waals surface area contributed by atoms with E-state index >= 15 is 0 Å². The summed E-state index contributed by atoms with van der Waals surface area (Å²) >= 11 is 0. The molecule has 2 heterocycles. The molecule has 25 heavy (non-hydrogen) atoms. The Morgan fingerprint density at radius 3 is 2.80 bits per heavy atom. The number of nitro groups is 1. The van der Waals surface area contributed by atoms with Gasteiger partial charge in [-0.2, -0.15) is 0 Å². The van der Waals surface area contributed by atoms with Crippen LogP contribution in [0.25, 0.3) is 0 Å². The Kier molecular flexibility index (Phi) is 6.23. The lowest BCUT2D eigenvalue weighted by Gasteiger charge is -2.29. The summed E-state index contributed by atoms with van der Waals surface area (Å²) in [5.74, 6) is -1.46. The minimum Gasteiger partial charge on any atom is -0.474 e. The van der Waals surface area contributed by atoms with Crippen molar-refractivity contribution in [3.63, 3.8) is 0 Å². The Hall–Kier alpha value is -2.75. The van der Waals surface area contributed by atoms with Crippen LogP contribution in [0, 0.1) is 10.1 Å². The first-order chi connectivity index (χ1) is 12.0. The van der Waals surface area contributed by atoms with Crippen LogP contribution in [0.2, 0.25) is 0 Å². The topological polar surface area (TPSA) is 121 Å². The maximum Gasteiger partial charge on any atom is 0.366 e. The highest BCUT2D eigenvalue weighted by atomic mass is 16.6. The molecule has 1 unspecified atom stereocenters. The molecule has 1 aromatic heterocycles. The number of nitrogens with zero attached hydrogens (tertiary/aromatic N) is 3. The van der Waals surface area contributed by atoms with Gasteiger partial charge in [0.15, 0.2) is 11.9 Å². The molecule has 0 saturated carbocycles. The number of rotatable bonds is 8. The molecular formula is C15H19N3O7. The Balaban J connectivity index is 2.20. The standard InChI is InChI=1S/C15H19N3O7/c1-3-10-15(20)17(9-13(19)24-8-7-23-4-2)14-11(25-10)5-6-12(16-14)18(21)22/h5-6,10H,3-4,7-9H2,1-2H3. The summed E-state index contributed by atoms with van der Waals surface area (Å²) in [5, 5.41) is 10.9. The van der Waals surface area contributed by atoms with Crippen LogP contribution in [0.15, 0.2) is 12.1 Å². The number of carbonyl (C=O) groups is 2. The van der Waals surface area contributed by atoms with Crippen LogP contribution in [-0.4, -0.2) is 54.3 Å². The van der Waals surface area contributed by atoms with E-state index in [2.05, 4.69) is 4.98 Å². The number of fused-ring (bicyclic) bond motifs is 1. The molecule has 0 bridgehead atoms. The third-order valence-electron chi connectivity index (χ3n) is 3.43. The van der Waals surface area contributed by atoms with E-state index in [4.69, 9.17) is 14.2 Å². The number of anilines is 1. The van der Waals surface area contributed by atoms with Crippen LogP contribution in [0.3, 0.4) is 0 Å². The quantitative estimate of drug-likeness (QED) is 0.294. The number of ether oxygens (including phenoxy) is 3. The zero-order chi connectivity index (χ0) is 18.4. The normalized spacial score (nSPS) is 16.2. The van der Waals surface area contributed by atoms with Gasteiger partial charge in [-0.15, -0.1) is 0 Å². The summed E-state index contributed by atoms with van der Waals surface area (Å²) in [6.45, 7) is 3.96. The van der Waals surface area contributed by atoms with E-state index in [1.807, 2.05) is 6.92 Å². The molecule has 136 valence electrons. The molecule has 0 saturated heterocycles. The van der Waals surface area contributed by atoms with Crippen LogP contribution in [0.1, 0.15) is 20.3 Å². The Bertz CT molecular complexity index is 665. The number of carbonyl (C=O) groups excluding carboxylic acids is 2. The van der Waals surface area contributed by atoms with Crippen molar-refractivity contribution in [2.24, 2.45) is 0 Å². The second kappa shape index (κ2) is 8.38. The number of hydrogen-bond donors (Lipinski definition) is 0. The van der Waals surface area contributed by atoms with Gasteiger partial charge in [0.25, 0.3) is 11.7 Å². The predicted octanol–water partition coefficient (Wildman–Crippen LogP) is 1.07. The lowest BCUT2D eigenvalue weighted by atomic mass is 10.2. The van der Waals surface area contributed by atoms with Crippen molar-refractivity contribution in [1.82, 2.24) is 4.98 Å². The molecule has 0 N–H and O–H groups in total. The molecule has 1 aliphatic rings. The molecule has 10 nitrogen and oxygen atoms in total. The minimum atomic E-state index is -0.785. The number of amides is 1. The molecule has 2 rings (SSSR count). The average Bonchev–Trinajstić information content (AvgIpc) is 2.60. The molecule has 1 atom stereocenters. The van der Waals surface area contributed by atoms with Crippen molar-refractivity contribution in [3.05, 3.63) is 22.2 Å². The number of esters is 1. The van der Waals surface area contributed by atoms with Gasteiger partial charge in [-0.05, 0) is 29.3 Å². The van der Waals surface area contributed by atoms with Gasteiger partial charge in [-0.25, -0.2) is 0 Å². The third kappa shape index (κ3) is 4.41. The molecule has 0 aliphatic carbocycles. The van der Waals surface area contributed by atoms with Crippen LogP contribution in [-0.2, 0) is 19.1 Å². The Morgan fingerprint density at radius 2 is 2.16 bits per heavy atom. The summed E-state index contributed by atoms with van der Waals surface area (Å²) in [4.78, 5) is 39.6. The summed E-state index contributed by atoms with van der Waals surface area (Å²) in [6.07, 6.45) is -0.405. The fraction of sp³-hybridized carbons (Fsp3) is 0.533. The minimum absolute atomic E-state index is 0.0532. The third-order valence-corrected chi connectivity index (χ3v) is 3.43. The largest absolute Gasteiger partial charge is 0.474 e. The van der Waals surface area contributed by atoms with E-state index in [0.717, 1.165) is 4.90 Å². The first-order valence-corrected chi connectivity index (χ1v) is 7.84. The van der Waals surface area contributed by atoms with Gasteiger partial charge in [-0.1, -0.05) is 6.92 Å². The van der Waals surface area contributed by atoms with Gasteiger partial charge < -0.3 is 24.3 Å². The highest BCUT2D eigenvalue weighted by Crippen LogP contribution is 2.34. The molecule has 1 aliphatic heterocycles. The van der Waals surface area contributed by atoms with E-state index in [-0.39, 0.29) is 24.8 Å². The van der Waals surface area contributed by atoms with Gasteiger partial charge in [0.05, 0.1) is 6.61 Å². The highest BCUT2D eigenvalue weighted by Gasteiger charge is 2.39. The van der Waals surface area contributed by atoms with Gasteiger partial charge >= 0.3 is 11.8 Å². The van der Waals surface area contributed by atoms with E-state index in [9.17, 15) is 19.7 Å². The summed E-state index contributed by atoms with van der Waals surface area (Å²) < 4.78 is 15.6. The lowest BCUT2D eigenvalue weighted by molar-refractivity contribution is -0.389. The van der Waals surface area contributed by atoms with Crippen molar-refractivity contribution >= 4 is 23.5 Å².